The van der Waals surface area contributed by atoms with Gasteiger partial charge in [-0.3, -0.25) is 14.4 Å². The summed E-state index contributed by atoms with van der Waals surface area (Å²) in [6, 6.07) is 5.94. The van der Waals surface area contributed by atoms with E-state index >= 15 is 0 Å². The highest BCUT2D eigenvalue weighted by Crippen LogP contribution is 2.22. The van der Waals surface area contributed by atoms with Crippen molar-refractivity contribution in [3.63, 3.8) is 0 Å². The molecular weight excluding hydrogens is 424 g/mol. The number of aromatic nitrogens is 2. The van der Waals surface area contributed by atoms with Crippen molar-refractivity contribution < 1.29 is 22.7 Å². The summed E-state index contributed by atoms with van der Waals surface area (Å²) in [4.78, 5) is 39.5. The molecule has 2 fully saturated rings. The van der Waals surface area contributed by atoms with Crippen LogP contribution in [0.1, 0.15) is 29.8 Å². The highest BCUT2D eigenvalue weighted by molar-refractivity contribution is 7.91. The third kappa shape index (κ3) is 4.47. The van der Waals surface area contributed by atoms with E-state index in [-0.39, 0.29) is 35.2 Å². The van der Waals surface area contributed by atoms with Crippen LogP contribution >= 0.6 is 0 Å². The monoisotopic (exact) mass is 448 g/mol. The van der Waals surface area contributed by atoms with Crippen LogP contribution in [0.4, 0.5) is 0 Å². The summed E-state index contributed by atoms with van der Waals surface area (Å²) >= 11 is 0. The summed E-state index contributed by atoms with van der Waals surface area (Å²) in [7, 11) is -3.22. The average molecular weight is 449 g/mol. The highest BCUT2D eigenvalue weighted by Gasteiger charge is 2.36. The number of nitrogens with zero attached hydrogens (tertiary/aromatic N) is 3. The molecule has 10 nitrogen and oxygen atoms in total. The van der Waals surface area contributed by atoms with Gasteiger partial charge in [0.15, 0.2) is 15.5 Å². The molecule has 0 aliphatic carbocycles. The maximum absolute atomic E-state index is 13.2. The van der Waals surface area contributed by atoms with Crippen molar-refractivity contribution in [1.29, 1.82) is 0 Å². The zero-order valence-electron chi connectivity index (χ0n) is 16.9. The molecule has 0 bridgehead atoms. The number of carbonyl (C=O) groups is 2. The molecular formula is C20H24N4O6S. The van der Waals surface area contributed by atoms with E-state index in [0.717, 1.165) is 17.5 Å². The minimum absolute atomic E-state index is 0.0208. The van der Waals surface area contributed by atoms with Crippen molar-refractivity contribution in [2.45, 2.75) is 38.0 Å². The predicted octanol–water partition coefficient (Wildman–Crippen LogP) is -0.310. The number of fused-ring (bicyclic) bond motifs is 1. The van der Waals surface area contributed by atoms with Gasteiger partial charge in [0, 0.05) is 24.6 Å². The van der Waals surface area contributed by atoms with Gasteiger partial charge < -0.3 is 15.4 Å². The topological polar surface area (TPSA) is 142 Å². The number of primary amides is 1. The minimum atomic E-state index is -3.22. The molecule has 2 N–H and O–H groups in total. The van der Waals surface area contributed by atoms with Crippen LogP contribution < -0.4 is 11.3 Å². The Balaban J connectivity index is 1.66. The van der Waals surface area contributed by atoms with E-state index in [9.17, 15) is 22.8 Å². The summed E-state index contributed by atoms with van der Waals surface area (Å²) in [6.07, 6.45) is 1.83. The van der Waals surface area contributed by atoms with E-state index in [1.54, 1.807) is 24.3 Å². The lowest BCUT2D eigenvalue weighted by Crippen LogP contribution is -2.47. The highest BCUT2D eigenvalue weighted by atomic mass is 32.2. The Bertz CT molecular complexity index is 1190. The fourth-order valence-electron chi connectivity index (χ4n) is 4.23. The van der Waals surface area contributed by atoms with Crippen LogP contribution in [-0.4, -0.2) is 71.7 Å². The van der Waals surface area contributed by atoms with Crippen molar-refractivity contribution in [3.8, 4) is 0 Å². The minimum Gasteiger partial charge on any atom is -0.376 e. The first-order valence-corrected chi connectivity index (χ1v) is 12.0. The van der Waals surface area contributed by atoms with Gasteiger partial charge in [-0.15, -0.1) is 0 Å². The maximum Gasteiger partial charge on any atom is 0.275 e. The zero-order valence-corrected chi connectivity index (χ0v) is 17.7. The van der Waals surface area contributed by atoms with Crippen LogP contribution in [0.25, 0.3) is 10.8 Å². The summed E-state index contributed by atoms with van der Waals surface area (Å²) in [5.41, 5.74) is 4.81. The van der Waals surface area contributed by atoms with Crippen molar-refractivity contribution >= 4 is 32.4 Å². The normalized spacial score (nSPS) is 22.6. The lowest BCUT2D eigenvalue weighted by atomic mass is 10.1. The third-order valence-corrected chi connectivity index (χ3v) is 7.53. The standard InChI is InChI=1S/C20H24N4O6S/c21-19(26)18-15-5-1-2-6-16(15)20(27)24(22-18)11-17(25)23(10-14-4-3-8-30-14)13-7-9-31(28,29)12-13/h1-2,5-6,13-14H,3-4,7-12H2,(H2,21,26)/t13-,14+/m0/s1. The fraction of sp³-hybridized carbons (Fsp3) is 0.500. The Morgan fingerprint density at radius 3 is 2.58 bits per heavy atom. The molecule has 1 aromatic carbocycles. The van der Waals surface area contributed by atoms with Crippen molar-refractivity contribution in [2.24, 2.45) is 5.73 Å². The predicted molar refractivity (Wildman–Crippen MR) is 112 cm³/mol. The van der Waals surface area contributed by atoms with E-state index < -0.39 is 39.8 Å². The van der Waals surface area contributed by atoms with Gasteiger partial charge in [0.05, 0.1) is 23.0 Å². The first kappa shape index (κ1) is 21.4. The second kappa shape index (κ2) is 8.39. The molecule has 31 heavy (non-hydrogen) atoms. The number of nitrogens with two attached hydrogens (primary N) is 1. The molecule has 166 valence electrons. The van der Waals surface area contributed by atoms with E-state index in [0.29, 0.717) is 18.4 Å². The first-order valence-electron chi connectivity index (χ1n) is 10.2. The van der Waals surface area contributed by atoms with Gasteiger partial charge in [-0.25, -0.2) is 13.1 Å². The SMILES string of the molecule is NC(=O)c1nn(CC(=O)N(C[C@H]2CCCO2)[C@H]2CCS(=O)(=O)C2)c(=O)c2ccccc12. The van der Waals surface area contributed by atoms with Gasteiger partial charge in [-0.2, -0.15) is 5.10 Å². The van der Waals surface area contributed by atoms with E-state index in [2.05, 4.69) is 5.10 Å². The second-order valence-corrected chi connectivity index (χ2v) is 10.2. The number of hydrogen-bond acceptors (Lipinski definition) is 7. The van der Waals surface area contributed by atoms with Crippen LogP contribution in [0, 0.1) is 0 Å². The van der Waals surface area contributed by atoms with Crippen molar-refractivity contribution in [3.05, 3.63) is 40.3 Å². The molecule has 3 heterocycles. The lowest BCUT2D eigenvalue weighted by molar-refractivity contribution is -0.135. The van der Waals surface area contributed by atoms with Crippen LogP contribution in [0.5, 0.6) is 0 Å². The van der Waals surface area contributed by atoms with E-state index in [1.807, 2.05) is 0 Å². The number of hydrogen-bond donors (Lipinski definition) is 1. The van der Waals surface area contributed by atoms with Gasteiger partial charge in [0.1, 0.15) is 6.54 Å². The molecule has 0 unspecified atom stereocenters. The van der Waals surface area contributed by atoms with Gasteiger partial charge in [-0.1, -0.05) is 18.2 Å². The summed E-state index contributed by atoms with van der Waals surface area (Å²) in [6.45, 7) is 0.431. The quantitative estimate of drug-likeness (QED) is 0.639. The number of sulfone groups is 1. The zero-order chi connectivity index (χ0) is 22.2. The molecule has 4 rings (SSSR count). The Morgan fingerprint density at radius 2 is 1.97 bits per heavy atom. The number of ether oxygens (including phenoxy) is 1. The largest absolute Gasteiger partial charge is 0.376 e. The number of benzene rings is 1. The Kier molecular flexibility index (Phi) is 5.80. The molecule has 0 saturated carbocycles. The lowest BCUT2D eigenvalue weighted by Gasteiger charge is -2.30. The second-order valence-electron chi connectivity index (χ2n) is 7.96. The molecule has 11 heteroatoms. The molecule has 2 aromatic rings. The maximum atomic E-state index is 13.2. The summed E-state index contributed by atoms with van der Waals surface area (Å²) in [5, 5.41) is 4.59. The molecule has 2 aliphatic heterocycles. The number of rotatable bonds is 6. The molecule has 2 amide bonds. The molecule has 2 aliphatic rings. The summed E-state index contributed by atoms with van der Waals surface area (Å²) in [5.74, 6) is -1.35. The smallest absolute Gasteiger partial charge is 0.275 e. The molecule has 2 atom stereocenters. The van der Waals surface area contributed by atoms with Crippen LogP contribution in [-0.2, 0) is 25.9 Å². The first-order chi connectivity index (χ1) is 14.7. The van der Waals surface area contributed by atoms with Gasteiger partial charge in [0.25, 0.3) is 11.5 Å². The molecule has 1 aromatic heterocycles. The molecule has 0 radical (unpaired) electrons. The van der Waals surface area contributed by atoms with Crippen LogP contribution in [0.2, 0.25) is 0 Å². The number of carbonyl (C=O) groups excluding carboxylic acids is 2. The van der Waals surface area contributed by atoms with Gasteiger partial charge >= 0.3 is 0 Å². The molecule has 2 saturated heterocycles. The Hall–Kier alpha value is -2.79. The number of amides is 2. The van der Waals surface area contributed by atoms with Crippen LogP contribution in [0.3, 0.4) is 0 Å². The third-order valence-electron chi connectivity index (χ3n) is 5.78. The van der Waals surface area contributed by atoms with Crippen molar-refractivity contribution in [1.82, 2.24) is 14.7 Å². The molecule has 0 spiro atoms. The van der Waals surface area contributed by atoms with Gasteiger partial charge in [-0.05, 0) is 25.3 Å². The summed E-state index contributed by atoms with van der Waals surface area (Å²) < 4.78 is 30.6. The van der Waals surface area contributed by atoms with Gasteiger partial charge in [0.2, 0.25) is 5.91 Å². The Labute approximate surface area is 178 Å². The average Bonchev–Trinajstić information content (AvgIpc) is 3.37. The van der Waals surface area contributed by atoms with E-state index in [1.165, 1.54) is 4.90 Å². The fourth-order valence-corrected chi connectivity index (χ4v) is 5.96. The van der Waals surface area contributed by atoms with E-state index in [4.69, 9.17) is 10.5 Å². The van der Waals surface area contributed by atoms with Crippen molar-refractivity contribution in [2.75, 3.05) is 24.7 Å². The Morgan fingerprint density at radius 1 is 1.23 bits per heavy atom. The van der Waals surface area contributed by atoms with Crippen LogP contribution in [0.15, 0.2) is 29.1 Å².